The number of hydrogen-bond acceptors (Lipinski definition) is 2. The summed E-state index contributed by atoms with van der Waals surface area (Å²) < 4.78 is 6.94. The number of halogens is 1. The summed E-state index contributed by atoms with van der Waals surface area (Å²) in [6.45, 7) is 7.27. The summed E-state index contributed by atoms with van der Waals surface area (Å²) in [5, 5.41) is 3.67. The molecular formula is C18H28BrNO. The van der Waals surface area contributed by atoms with E-state index in [9.17, 15) is 0 Å². The maximum atomic E-state index is 5.77. The Labute approximate surface area is 137 Å². The van der Waals surface area contributed by atoms with Crippen molar-refractivity contribution in [2.24, 2.45) is 11.8 Å². The molecule has 0 amide bonds. The molecule has 0 aliphatic heterocycles. The molecule has 1 saturated carbocycles. The molecular weight excluding hydrogens is 326 g/mol. The van der Waals surface area contributed by atoms with E-state index < -0.39 is 0 Å². The molecule has 1 aromatic carbocycles. The maximum absolute atomic E-state index is 5.77. The van der Waals surface area contributed by atoms with Crippen molar-refractivity contribution < 1.29 is 4.74 Å². The van der Waals surface area contributed by atoms with Crippen LogP contribution >= 0.6 is 15.9 Å². The van der Waals surface area contributed by atoms with E-state index >= 15 is 0 Å². The highest BCUT2D eigenvalue weighted by atomic mass is 79.9. The van der Waals surface area contributed by atoms with Crippen LogP contribution in [0.2, 0.25) is 0 Å². The zero-order valence-corrected chi connectivity index (χ0v) is 14.9. The van der Waals surface area contributed by atoms with Gasteiger partial charge in [0.25, 0.3) is 0 Å². The molecule has 1 unspecified atom stereocenters. The van der Waals surface area contributed by atoms with Crippen LogP contribution in [0.3, 0.4) is 0 Å². The summed E-state index contributed by atoms with van der Waals surface area (Å²) >= 11 is 3.56. The second-order valence-electron chi connectivity index (χ2n) is 6.64. The van der Waals surface area contributed by atoms with Crippen molar-refractivity contribution in [1.82, 2.24) is 5.32 Å². The molecule has 2 rings (SSSR count). The minimum Gasteiger partial charge on any atom is -0.381 e. The highest BCUT2D eigenvalue weighted by molar-refractivity contribution is 9.10. The van der Waals surface area contributed by atoms with E-state index in [1.165, 1.54) is 22.9 Å². The first kappa shape index (κ1) is 17.0. The Balaban J connectivity index is 1.78. The van der Waals surface area contributed by atoms with Gasteiger partial charge >= 0.3 is 0 Å². The second-order valence-corrected chi connectivity index (χ2v) is 7.56. The van der Waals surface area contributed by atoms with Gasteiger partial charge in [0.15, 0.2) is 0 Å². The van der Waals surface area contributed by atoms with Gasteiger partial charge in [-0.05, 0) is 61.8 Å². The van der Waals surface area contributed by atoms with Gasteiger partial charge in [0.1, 0.15) is 0 Å². The largest absolute Gasteiger partial charge is 0.381 e. The van der Waals surface area contributed by atoms with Gasteiger partial charge in [-0.2, -0.15) is 0 Å². The lowest BCUT2D eigenvalue weighted by molar-refractivity contribution is 0.0975. The third kappa shape index (κ3) is 7.44. The smallest absolute Gasteiger partial charge is 0.0488 e. The van der Waals surface area contributed by atoms with Crippen molar-refractivity contribution in [2.45, 2.75) is 45.6 Å². The van der Waals surface area contributed by atoms with E-state index in [0.29, 0.717) is 11.8 Å². The van der Waals surface area contributed by atoms with Crippen LogP contribution in [0.5, 0.6) is 0 Å². The molecule has 0 heterocycles. The molecule has 0 saturated heterocycles. The van der Waals surface area contributed by atoms with Crippen LogP contribution in [0.25, 0.3) is 0 Å². The molecule has 1 aromatic rings. The Hall–Kier alpha value is -0.380. The molecule has 0 spiro atoms. The number of benzene rings is 1. The van der Waals surface area contributed by atoms with Crippen LogP contribution in [0, 0.1) is 11.8 Å². The first-order valence-corrected chi connectivity index (χ1v) is 8.98. The topological polar surface area (TPSA) is 21.3 Å². The van der Waals surface area contributed by atoms with E-state index in [2.05, 4.69) is 59.4 Å². The minimum absolute atomic E-state index is 0.623. The maximum Gasteiger partial charge on any atom is 0.0488 e. The summed E-state index contributed by atoms with van der Waals surface area (Å²) in [7, 11) is 0. The van der Waals surface area contributed by atoms with Gasteiger partial charge in [-0.15, -0.1) is 0 Å². The van der Waals surface area contributed by atoms with Crippen LogP contribution in [0.15, 0.2) is 28.7 Å². The van der Waals surface area contributed by atoms with Gasteiger partial charge in [-0.1, -0.05) is 41.9 Å². The average Bonchev–Trinajstić information content (AvgIpc) is 3.24. The SMILES string of the molecule is CC(C)COCCC(CNC1CC1)Cc1cccc(Br)c1. The molecule has 1 aliphatic rings. The van der Waals surface area contributed by atoms with E-state index in [0.717, 1.165) is 38.6 Å². The van der Waals surface area contributed by atoms with Crippen LogP contribution in [-0.4, -0.2) is 25.8 Å². The number of ether oxygens (including phenoxy) is 1. The molecule has 1 fully saturated rings. The van der Waals surface area contributed by atoms with Gasteiger partial charge in [0.2, 0.25) is 0 Å². The van der Waals surface area contributed by atoms with Crippen molar-refractivity contribution in [3.8, 4) is 0 Å². The normalized spacial score (nSPS) is 16.4. The molecule has 1 aliphatic carbocycles. The second kappa shape index (κ2) is 8.92. The quantitative estimate of drug-likeness (QED) is 0.628. The third-order valence-corrected chi connectivity index (χ3v) is 4.30. The van der Waals surface area contributed by atoms with E-state index in [1.54, 1.807) is 0 Å². The first-order valence-electron chi connectivity index (χ1n) is 8.19. The van der Waals surface area contributed by atoms with Crippen molar-refractivity contribution in [2.75, 3.05) is 19.8 Å². The molecule has 0 bridgehead atoms. The Morgan fingerprint density at radius 2 is 2.14 bits per heavy atom. The molecule has 1 N–H and O–H groups in total. The fraction of sp³-hybridized carbons (Fsp3) is 0.667. The zero-order valence-electron chi connectivity index (χ0n) is 13.3. The van der Waals surface area contributed by atoms with Crippen molar-refractivity contribution in [3.63, 3.8) is 0 Å². The lowest BCUT2D eigenvalue weighted by Crippen LogP contribution is -2.27. The molecule has 3 heteroatoms. The van der Waals surface area contributed by atoms with Crippen LogP contribution in [0.1, 0.15) is 38.7 Å². The highest BCUT2D eigenvalue weighted by Gasteiger charge is 2.22. The molecule has 0 aromatic heterocycles. The van der Waals surface area contributed by atoms with Crippen molar-refractivity contribution in [1.29, 1.82) is 0 Å². The Morgan fingerprint density at radius 1 is 1.33 bits per heavy atom. The summed E-state index contributed by atoms with van der Waals surface area (Å²) in [5.41, 5.74) is 1.41. The molecule has 21 heavy (non-hydrogen) atoms. The van der Waals surface area contributed by atoms with E-state index in [-0.39, 0.29) is 0 Å². The lowest BCUT2D eigenvalue weighted by Gasteiger charge is -2.18. The Morgan fingerprint density at radius 3 is 2.81 bits per heavy atom. The predicted molar refractivity (Wildman–Crippen MR) is 92.6 cm³/mol. The van der Waals surface area contributed by atoms with Gasteiger partial charge in [0.05, 0.1) is 0 Å². The third-order valence-electron chi connectivity index (χ3n) is 3.81. The van der Waals surface area contributed by atoms with E-state index in [1.807, 2.05) is 0 Å². The molecule has 2 nitrogen and oxygen atoms in total. The lowest BCUT2D eigenvalue weighted by atomic mass is 9.96. The van der Waals surface area contributed by atoms with Gasteiger partial charge in [-0.25, -0.2) is 0 Å². The highest BCUT2D eigenvalue weighted by Crippen LogP contribution is 2.21. The summed E-state index contributed by atoms with van der Waals surface area (Å²) in [6.07, 6.45) is 4.98. The molecule has 1 atom stereocenters. The Bertz CT molecular complexity index is 417. The van der Waals surface area contributed by atoms with Crippen LogP contribution in [0.4, 0.5) is 0 Å². The van der Waals surface area contributed by atoms with Crippen molar-refractivity contribution in [3.05, 3.63) is 34.3 Å². The number of nitrogens with one attached hydrogen (secondary N) is 1. The van der Waals surface area contributed by atoms with Gasteiger partial charge < -0.3 is 10.1 Å². The zero-order chi connectivity index (χ0) is 15.1. The van der Waals surface area contributed by atoms with Crippen LogP contribution in [-0.2, 0) is 11.2 Å². The summed E-state index contributed by atoms with van der Waals surface area (Å²) in [6, 6.07) is 9.46. The average molecular weight is 354 g/mol. The molecule has 118 valence electrons. The fourth-order valence-electron chi connectivity index (χ4n) is 2.46. The van der Waals surface area contributed by atoms with Crippen molar-refractivity contribution >= 4 is 15.9 Å². The molecule has 0 radical (unpaired) electrons. The fourth-order valence-corrected chi connectivity index (χ4v) is 2.91. The van der Waals surface area contributed by atoms with Gasteiger partial charge in [0, 0.05) is 23.7 Å². The van der Waals surface area contributed by atoms with E-state index in [4.69, 9.17) is 4.74 Å². The standard InChI is InChI=1S/C18H28BrNO/c1-14(2)13-21-9-8-16(12-20-18-6-7-18)10-15-4-3-5-17(19)11-15/h3-5,11,14,16,18,20H,6-10,12-13H2,1-2H3. The monoisotopic (exact) mass is 353 g/mol. The van der Waals surface area contributed by atoms with Crippen LogP contribution < -0.4 is 5.32 Å². The number of hydrogen-bond donors (Lipinski definition) is 1. The Kier molecular flexibility index (Phi) is 7.21. The summed E-state index contributed by atoms with van der Waals surface area (Å²) in [5.74, 6) is 1.28. The summed E-state index contributed by atoms with van der Waals surface area (Å²) in [4.78, 5) is 0. The predicted octanol–water partition coefficient (Wildman–Crippen LogP) is 4.42. The van der Waals surface area contributed by atoms with Gasteiger partial charge in [-0.3, -0.25) is 0 Å². The first-order chi connectivity index (χ1) is 10.1. The minimum atomic E-state index is 0.623. The number of rotatable bonds is 10.